The van der Waals surface area contributed by atoms with Crippen LogP contribution in [0.5, 0.6) is 0 Å². The van der Waals surface area contributed by atoms with Crippen molar-refractivity contribution in [2.24, 2.45) is 7.05 Å². The Kier molecular flexibility index (Phi) is 3.35. The fourth-order valence-electron chi connectivity index (χ4n) is 3.57. The summed E-state index contributed by atoms with van der Waals surface area (Å²) in [6.07, 6.45) is 2.67. The molecule has 24 heavy (non-hydrogen) atoms. The van der Waals surface area contributed by atoms with Crippen molar-refractivity contribution < 1.29 is 14.3 Å². The first-order chi connectivity index (χ1) is 11.5. The second-order valence-corrected chi connectivity index (χ2v) is 6.73. The van der Waals surface area contributed by atoms with Crippen molar-refractivity contribution in [2.45, 2.75) is 12.0 Å². The van der Waals surface area contributed by atoms with Crippen molar-refractivity contribution in [3.63, 3.8) is 0 Å². The fraction of sp³-hybridized carbons (Fsp3) is 0.471. The number of carbonyl (C=O) groups excluding carboxylic acids is 2. The standard InChI is InChI=1S/C17H20N4O3/c1-19-7-5-12-3-4-13(18-15(12)19)16(23)21-8-6-17(11-21)10-20(2)14(22)9-24-17/h3-5,7H,6,8-11H2,1-2H3. The van der Waals surface area contributed by atoms with Crippen LogP contribution in [0.25, 0.3) is 11.0 Å². The molecule has 0 bridgehead atoms. The van der Waals surface area contributed by atoms with Gasteiger partial charge >= 0.3 is 0 Å². The van der Waals surface area contributed by atoms with Crippen LogP contribution in [0.2, 0.25) is 0 Å². The van der Waals surface area contributed by atoms with Crippen molar-refractivity contribution in [3.8, 4) is 0 Å². The van der Waals surface area contributed by atoms with Crippen molar-refractivity contribution >= 4 is 22.8 Å². The van der Waals surface area contributed by atoms with E-state index in [4.69, 9.17) is 4.74 Å². The maximum Gasteiger partial charge on any atom is 0.272 e. The summed E-state index contributed by atoms with van der Waals surface area (Å²) in [6, 6.07) is 5.67. The zero-order valence-corrected chi connectivity index (χ0v) is 13.9. The molecule has 0 saturated carbocycles. The summed E-state index contributed by atoms with van der Waals surface area (Å²) >= 11 is 0. The number of rotatable bonds is 1. The highest BCUT2D eigenvalue weighted by Crippen LogP contribution is 2.30. The molecule has 4 heterocycles. The van der Waals surface area contributed by atoms with Crippen LogP contribution >= 0.6 is 0 Å². The number of morpholine rings is 1. The highest BCUT2D eigenvalue weighted by atomic mass is 16.5. The molecule has 0 aromatic carbocycles. The lowest BCUT2D eigenvalue weighted by molar-refractivity contribution is -0.158. The van der Waals surface area contributed by atoms with Gasteiger partial charge in [0.05, 0.1) is 13.1 Å². The Labute approximate surface area is 139 Å². The number of nitrogens with zero attached hydrogens (tertiary/aromatic N) is 4. The predicted octanol–water partition coefficient (Wildman–Crippen LogP) is 0.647. The number of hydrogen-bond donors (Lipinski definition) is 0. The number of amides is 2. The normalized spacial score (nSPS) is 24.3. The molecule has 2 amide bonds. The van der Waals surface area contributed by atoms with Gasteiger partial charge in [-0.25, -0.2) is 4.98 Å². The summed E-state index contributed by atoms with van der Waals surface area (Å²) < 4.78 is 7.70. The predicted molar refractivity (Wildman–Crippen MR) is 87.6 cm³/mol. The molecule has 2 saturated heterocycles. The van der Waals surface area contributed by atoms with Crippen LogP contribution in [-0.2, 0) is 16.6 Å². The van der Waals surface area contributed by atoms with Crippen LogP contribution in [0.15, 0.2) is 24.4 Å². The molecule has 0 aliphatic carbocycles. The monoisotopic (exact) mass is 328 g/mol. The van der Waals surface area contributed by atoms with Crippen molar-refractivity contribution in [1.82, 2.24) is 19.4 Å². The van der Waals surface area contributed by atoms with Crippen LogP contribution in [0.3, 0.4) is 0 Å². The smallest absolute Gasteiger partial charge is 0.272 e. The summed E-state index contributed by atoms with van der Waals surface area (Å²) in [7, 11) is 3.69. The van der Waals surface area contributed by atoms with Crippen LogP contribution < -0.4 is 0 Å². The molecular weight excluding hydrogens is 308 g/mol. The largest absolute Gasteiger partial charge is 0.361 e. The Hall–Kier alpha value is -2.41. The average molecular weight is 328 g/mol. The Morgan fingerprint density at radius 1 is 1.25 bits per heavy atom. The number of ether oxygens (including phenoxy) is 1. The topological polar surface area (TPSA) is 67.7 Å². The van der Waals surface area contributed by atoms with Crippen molar-refractivity contribution in [3.05, 3.63) is 30.1 Å². The van der Waals surface area contributed by atoms with E-state index in [2.05, 4.69) is 4.98 Å². The van der Waals surface area contributed by atoms with Crippen LogP contribution in [0.4, 0.5) is 0 Å². The first-order valence-electron chi connectivity index (χ1n) is 8.07. The van der Waals surface area contributed by atoms with Crippen molar-refractivity contribution in [1.29, 1.82) is 0 Å². The number of aromatic nitrogens is 2. The lowest BCUT2D eigenvalue weighted by atomic mass is 10.0. The maximum absolute atomic E-state index is 12.8. The molecule has 2 fully saturated rings. The molecule has 126 valence electrons. The van der Waals surface area contributed by atoms with E-state index in [0.29, 0.717) is 25.3 Å². The third kappa shape index (κ3) is 2.36. The summed E-state index contributed by atoms with van der Waals surface area (Å²) in [5, 5.41) is 1.02. The third-order valence-electron chi connectivity index (χ3n) is 4.99. The molecule has 1 spiro atoms. The SMILES string of the molecule is CN1CC2(CCN(C(=O)c3ccc4ccn(C)c4n3)C2)OCC1=O. The molecule has 2 aromatic rings. The first kappa shape index (κ1) is 15.1. The molecule has 2 aromatic heterocycles. The first-order valence-corrected chi connectivity index (χ1v) is 8.07. The second kappa shape index (κ2) is 5.31. The summed E-state index contributed by atoms with van der Waals surface area (Å²) in [6.45, 7) is 1.73. The molecular formula is C17H20N4O3. The third-order valence-corrected chi connectivity index (χ3v) is 4.99. The van der Waals surface area contributed by atoms with E-state index < -0.39 is 5.60 Å². The van der Waals surface area contributed by atoms with E-state index in [1.165, 1.54) is 0 Å². The lowest BCUT2D eigenvalue weighted by Crippen LogP contribution is -2.54. The van der Waals surface area contributed by atoms with Gasteiger partial charge in [-0.2, -0.15) is 0 Å². The minimum absolute atomic E-state index is 0.0128. The van der Waals surface area contributed by atoms with E-state index in [-0.39, 0.29) is 18.4 Å². The number of likely N-dealkylation sites (tertiary alicyclic amines) is 1. The highest BCUT2D eigenvalue weighted by Gasteiger charge is 2.45. The molecule has 4 rings (SSSR count). The van der Waals surface area contributed by atoms with Gasteiger partial charge in [-0.1, -0.05) is 0 Å². The number of hydrogen-bond acceptors (Lipinski definition) is 4. The summed E-state index contributed by atoms with van der Waals surface area (Å²) in [4.78, 5) is 32.4. The lowest BCUT2D eigenvalue weighted by Gasteiger charge is -2.38. The molecule has 2 aliphatic heterocycles. The zero-order valence-electron chi connectivity index (χ0n) is 13.9. The molecule has 7 nitrogen and oxygen atoms in total. The van der Waals surface area contributed by atoms with Gasteiger partial charge < -0.3 is 19.1 Å². The minimum Gasteiger partial charge on any atom is -0.361 e. The molecule has 0 radical (unpaired) electrons. The van der Waals surface area contributed by atoms with Gasteiger partial charge in [-0.05, 0) is 24.6 Å². The second-order valence-electron chi connectivity index (χ2n) is 6.73. The van der Waals surface area contributed by atoms with Gasteiger partial charge in [0.1, 0.15) is 23.5 Å². The molecule has 1 atom stereocenters. The van der Waals surface area contributed by atoms with E-state index in [1.807, 2.05) is 29.9 Å². The van der Waals surface area contributed by atoms with E-state index in [1.54, 1.807) is 22.9 Å². The average Bonchev–Trinajstić information content (AvgIpc) is 3.15. The number of carbonyl (C=O) groups is 2. The Balaban J connectivity index is 1.54. The van der Waals surface area contributed by atoms with Crippen LogP contribution in [-0.4, -0.2) is 70.1 Å². The Bertz CT molecular complexity index is 830. The number of fused-ring (bicyclic) bond motifs is 1. The van der Waals surface area contributed by atoms with Crippen molar-refractivity contribution in [2.75, 3.05) is 33.3 Å². The summed E-state index contributed by atoms with van der Waals surface area (Å²) in [5.74, 6) is -0.0978. The number of likely N-dealkylation sites (N-methyl/N-ethyl adjacent to an activating group) is 1. The van der Waals surface area contributed by atoms with Gasteiger partial charge in [-0.3, -0.25) is 9.59 Å². The van der Waals surface area contributed by atoms with Crippen LogP contribution in [0, 0.1) is 0 Å². The van der Waals surface area contributed by atoms with Crippen LogP contribution in [0.1, 0.15) is 16.9 Å². The van der Waals surface area contributed by atoms with Gasteiger partial charge in [0.15, 0.2) is 0 Å². The maximum atomic E-state index is 12.8. The van der Waals surface area contributed by atoms with Gasteiger partial charge in [0, 0.05) is 32.2 Å². The highest BCUT2D eigenvalue weighted by molar-refractivity contribution is 5.94. The fourth-order valence-corrected chi connectivity index (χ4v) is 3.57. The summed E-state index contributed by atoms with van der Waals surface area (Å²) in [5.41, 5.74) is 0.809. The Morgan fingerprint density at radius 3 is 2.88 bits per heavy atom. The number of pyridine rings is 1. The number of aryl methyl sites for hydroxylation is 1. The molecule has 2 aliphatic rings. The molecule has 7 heteroatoms. The van der Waals surface area contributed by atoms with E-state index >= 15 is 0 Å². The van der Waals surface area contributed by atoms with E-state index in [0.717, 1.165) is 17.5 Å². The molecule has 0 N–H and O–H groups in total. The van der Waals surface area contributed by atoms with Gasteiger partial charge in [0.25, 0.3) is 5.91 Å². The molecule has 1 unspecified atom stereocenters. The van der Waals surface area contributed by atoms with Gasteiger partial charge in [0.2, 0.25) is 5.91 Å². The zero-order chi connectivity index (χ0) is 16.9. The minimum atomic E-state index is -0.437. The van der Waals surface area contributed by atoms with E-state index in [9.17, 15) is 9.59 Å². The Morgan fingerprint density at radius 2 is 2.08 bits per heavy atom. The van der Waals surface area contributed by atoms with Gasteiger partial charge in [-0.15, -0.1) is 0 Å². The quantitative estimate of drug-likeness (QED) is 0.771.